The molecule has 0 spiro atoms. The third-order valence-electron chi connectivity index (χ3n) is 14.9. The van der Waals surface area contributed by atoms with Crippen molar-refractivity contribution in [2.24, 2.45) is 0 Å². The summed E-state index contributed by atoms with van der Waals surface area (Å²) < 4.78 is 167. The lowest BCUT2D eigenvalue weighted by atomic mass is 9.77. The van der Waals surface area contributed by atoms with Gasteiger partial charge in [0.05, 0.1) is 34.6 Å². The van der Waals surface area contributed by atoms with Crippen LogP contribution < -0.4 is 5.46 Å². The summed E-state index contributed by atoms with van der Waals surface area (Å²) in [4.78, 5) is 28.2. The van der Waals surface area contributed by atoms with Crippen molar-refractivity contribution < 1.29 is 66.4 Å². The van der Waals surface area contributed by atoms with Crippen molar-refractivity contribution in [2.45, 2.75) is 109 Å². The Bertz CT molecular complexity index is 4110. The molecule has 2 N–H and O–H groups in total. The summed E-state index contributed by atoms with van der Waals surface area (Å²) in [7, 11) is -8.89. The van der Waals surface area contributed by atoms with Gasteiger partial charge in [-0.1, -0.05) is 45.8 Å². The van der Waals surface area contributed by atoms with Gasteiger partial charge in [0.2, 0.25) is 10.0 Å². The third kappa shape index (κ3) is 18.3. The number of hydrogen-bond acceptors (Lipinski definition) is 13. The molecule has 0 saturated heterocycles. The second kappa shape index (κ2) is 30.5. The number of pyridine rings is 3. The topological polar surface area (TPSA) is 212 Å². The molecule has 6 aromatic heterocycles. The molecule has 7 heterocycles. The Balaban J connectivity index is 0.000000171. The summed E-state index contributed by atoms with van der Waals surface area (Å²) in [5.41, 5.74) is 9.64. The van der Waals surface area contributed by atoms with E-state index in [0.717, 1.165) is 104 Å². The van der Waals surface area contributed by atoms with Crippen LogP contribution in [0.1, 0.15) is 98.5 Å². The van der Waals surface area contributed by atoms with Crippen LogP contribution in [0.5, 0.6) is 0 Å². The van der Waals surface area contributed by atoms with Crippen molar-refractivity contribution in [1.29, 1.82) is 0 Å². The van der Waals surface area contributed by atoms with Gasteiger partial charge in [-0.15, -0.1) is 17.0 Å². The molecule has 91 heavy (non-hydrogen) atoms. The second-order valence-electron chi connectivity index (χ2n) is 21.0. The molecule has 0 saturated carbocycles. The highest BCUT2D eigenvalue weighted by Gasteiger charge is 2.34. The minimum Gasteiger partial charge on any atom is -0.423 e. The SMILES string of the molecule is Br.Brc1ccnc2c1CCCC2.Cc1cc(C(F)(F)F)ccc1-c1ccnc2c1CCCC2.Cc1cc(C(F)(F)F)ccc1-c1ccnc2c1CCN(S(=O)(=O)Cc1ccncn1)C2.Cc1cc(C(F)(F)F)ccc1B(O)O.O=S(=O)(n1ccnc1)n1ccnc1. The van der Waals surface area contributed by atoms with Crippen LogP contribution in [0.2, 0.25) is 0 Å². The molecule has 0 atom stereocenters. The number of fused-ring (bicyclic) bond motifs is 3. The highest BCUT2D eigenvalue weighted by molar-refractivity contribution is 9.10. The zero-order valence-electron chi connectivity index (χ0n) is 48.9. The number of alkyl halides is 9. The van der Waals surface area contributed by atoms with Gasteiger partial charge < -0.3 is 10.0 Å². The Kier molecular flexibility index (Phi) is 23.9. The Labute approximate surface area is 539 Å². The molecule has 2 aliphatic carbocycles. The van der Waals surface area contributed by atoms with Crippen molar-refractivity contribution in [1.82, 2.24) is 47.1 Å². The molecule has 30 heteroatoms. The normalized spacial score (nSPS) is 13.9. The summed E-state index contributed by atoms with van der Waals surface area (Å²) in [6.07, 6.45) is 12.4. The third-order valence-corrected chi connectivity index (χ3v) is 18.9. The quantitative estimate of drug-likeness (QED) is 0.107. The van der Waals surface area contributed by atoms with Gasteiger partial charge in [-0.2, -0.15) is 52.2 Å². The summed E-state index contributed by atoms with van der Waals surface area (Å²) in [6, 6.07) is 17.7. The van der Waals surface area contributed by atoms with Crippen LogP contribution >= 0.6 is 32.9 Å². The van der Waals surface area contributed by atoms with Gasteiger partial charge >= 0.3 is 35.9 Å². The summed E-state index contributed by atoms with van der Waals surface area (Å²) in [5.74, 6) is -0.234. The van der Waals surface area contributed by atoms with Crippen LogP contribution in [0.15, 0.2) is 152 Å². The van der Waals surface area contributed by atoms with Crippen LogP contribution in [0.25, 0.3) is 22.3 Å². The van der Waals surface area contributed by atoms with E-state index in [9.17, 15) is 56.3 Å². The number of imidazole rings is 2. The van der Waals surface area contributed by atoms with Gasteiger partial charge in [0, 0.05) is 72.0 Å². The highest BCUT2D eigenvalue weighted by atomic mass is 79.9. The summed E-state index contributed by atoms with van der Waals surface area (Å²) in [5, 5.41) is 17.5. The van der Waals surface area contributed by atoms with Crippen LogP contribution in [-0.4, -0.2) is 87.7 Å². The Morgan fingerprint density at radius 3 is 1.43 bits per heavy atom. The number of hydrogen-bond donors (Lipinski definition) is 2. The van der Waals surface area contributed by atoms with Crippen LogP contribution in [-0.2, 0) is 83.2 Å². The molecular weight excluding hydrogens is 1370 g/mol. The Morgan fingerprint density at radius 1 is 0.516 bits per heavy atom. The molecule has 482 valence electrons. The maximum atomic E-state index is 13.0. The Morgan fingerprint density at radius 2 is 0.978 bits per heavy atom. The van der Waals surface area contributed by atoms with Gasteiger partial charge in [-0.3, -0.25) is 15.0 Å². The lowest BCUT2D eigenvalue weighted by molar-refractivity contribution is -0.138. The molecule has 16 nitrogen and oxygen atoms in total. The van der Waals surface area contributed by atoms with Crippen molar-refractivity contribution >= 4 is 65.7 Å². The summed E-state index contributed by atoms with van der Waals surface area (Å²) >= 11 is 3.54. The average Bonchev–Trinajstić information content (AvgIpc) is 1.81. The van der Waals surface area contributed by atoms with Gasteiger partial charge in [0.25, 0.3) is 0 Å². The van der Waals surface area contributed by atoms with E-state index in [-0.39, 0.29) is 46.9 Å². The number of nitrogens with zero attached hydrogens (tertiary/aromatic N) is 10. The van der Waals surface area contributed by atoms with E-state index >= 15 is 0 Å². The van der Waals surface area contributed by atoms with E-state index in [1.807, 2.05) is 18.3 Å². The largest absolute Gasteiger partial charge is 0.488 e. The monoisotopic (exact) mass is 1430 g/mol. The first-order valence-corrected chi connectivity index (χ1v) is 31.7. The molecule has 12 rings (SSSR count). The zero-order valence-corrected chi connectivity index (χ0v) is 53.9. The number of aromatic nitrogens is 9. The molecule has 0 unspecified atom stereocenters. The minimum absolute atomic E-state index is 0. The smallest absolute Gasteiger partial charge is 0.423 e. The fourth-order valence-corrected chi connectivity index (χ4v) is 13.3. The lowest BCUT2D eigenvalue weighted by Crippen LogP contribution is -2.37. The molecule has 0 fully saturated rings. The number of halogens is 11. The van der Waals surface area contributed by atoms with E-state index in [1.165, 1.54) is 114 Å². The number of aryl methyl sites for hydroxylation is 5. The maximum Gasteiger partial charge on any atom is 0.488 e. The predicted molar refractivity (Wildman–Crippen MR) is 333 cm³/mol. The van der Waals surface area contributed by atoms with E-state index in [4.69, 9.17) is 10.0 Å². The van der Waals surface area contributed by atoms with Gasteiger partial charge in [0.15, 0.2) is 0 Å². The van der Waals surface area contributed by atoms with Gasteiger partial charge in [0.1, 0.15) is 24.7 Å². The Hall–Kier alpha value is -7.22. The maximum absolute atomic E-state index is 13.0. The molecule has 9 aromatic rings. The van der Waals surface area contributed by atoms with Crippen molar-refractivity contribution in [3.8, 4) is 22.3 Å². The van der Waals surface area contributed by atoms with E-state index in [1.54, 1.807) is 44.4 Å². The zero-order chi connectivity index (χ0) is 65.2. The molecule has 1 aliphatic heterocycles. The van der Waals surface area contributed by atoms with Crippen molar-refractivity contribution in [3.05, 3.63) is 225 Å². The molecule has 3 aromatic carbocycles. The van der Waals surface area contributed by atoms with E-state index in [0.29, 0.717) is 34.5 Å². The molecular formula is C61H60BBr2F9N10O6S2. The number of rotatable bonds is 8. The van der Waals surface area contributed by atoms with Gasteiger partial charge in [-0.05, 0) is 189 Å². The molecule has 3 aliphatic rings. The standard InChI is InChI=1S/C21H19F3N4O2S.C17H16F3N.C9H10BrN.C8H8BF3O2.C6H6N4O2S.BrH/c1-14-10-15(21(22,23)24)2-3-17(14)18-5-8-26-20-11-28(9-6-19(18)20)31(29,30)12-16-4-7-25-13-27-16;1-11-10-12(17(18,19)20)6-7-13(11)14-8-9-21-16-5-3-2-4-15(14)16;10-8-5-6-11-9-4-2-1-3-7(8)9;1-5-4-6(8(10,11)12)2-3-7(5)9(13)14;11-13(12,9-3-1-7-5-9)10-4-2-8-6-10;/h2-5,7-8,10,13H,6,9,11-12H2,1H3;6-10H,2-5H2,1H3;5-6H,1-4H2;2-4,13-14H,1H3;1-6H;1H. The average molecular weight is 1430 g/mol. The predicted octanol–water partition coefficient (Wildman–Crippen LogP) is 12.4. The highest BCUT2D eigenvalue weighted by Crippen LogP contribution is 2.39. The fraction of sp³-hybridized carbons (Fsp3) is 0.295. The lowest BCUT2D eigenvalue weighted by Gasteiger charge is -2.29. The van der Waals surface area contributed by atoms with E-state index in [2.05, 4.69) is 50.8 Å². The first-order valence-electron chi connectivity index (χ1n) is 27.9. The van der Waals surface area contributed by atoms with Crippen molar-refractivity contribution in [2.75, 3.05) is 6.54 Å². The number of sulfonamides is 1. The first-order chi connectivity index (χ1) is 42.5. The second-order valence-corrected chi connectivity index (χ2v) is 25.6. The first kappa shape index (κ1) is 71.2. The minimum atomic E-state index is -4.40. The van der Waals surface area contributed by atoms with E-state index < -0.39 is 62.6 Å². The molecule has 0 radical (unpaired) electrons. The number of benzene rings is 3. The molecule has 0 amide bonds. The van der Waals surface area contributed by atoms with Crippen molar-refractivity contribution in [3.63, 3.8) is 0 Å². The fourth-order valence-electron chi connectivity index (χ4n) is 10.4. The van der Waals surface area contributed by atoms with Crippen LogP contribution in [0.4, 0.5) is 39.5 Å². The summed E-state index contributed by atoms with van der Waals surface area (Å²) in [6.45, 7) is 5.14. The van der Waals surface area contributed by atoms with Crippen LogP contribution in [0.3, 0.4) is 0 Å². The molecule has 0 bridgehead atoms. The van der Waals surface area contributed by atoms with Gasteiger partial charge in [-0.25, -0.2) is 36.3 Å². The van der Waals surface area contributed by atoms with Crippen LogP contribution in [0, 0.1) is 20.8 Å².